The Morgan fingerprint density at radius 2 is 0.911 bits per heavy atom. The van der Waals surface area contributed by atoms with E-state index in [0.717, 1.165) is 55.9 Å². The molecule has 0 aromatic heterocycles. The first-order valence-corrected chi connectivity index (χ1v) is 23.4. The van der Waals surface area contributed by atoms with E-state index in [1.54, 1.807) is 24.3 Å². The molecule has 2 aromatic rings. The minimum absolute atomic E-state index is 0.130. The molecule has 45 heavy (non-hydrogen) atoms. The average molecular weight is 768 g/mol. The van der Waals surface area contributed by atoms with Crippen LogP contribution in [0.5, 0.6) is 11.5 Å². The predicted molar refractivity (Wildman–Crippen MR) is 209 cm³/mol. The molecular weight excluding hydrogens is 708 g/mol. The Bertz CT molecular complexity index is 877. The molecule has 2 rings (SSSR count). The third-order valence-electron chi connectivity index (χ3n) is 6.41. The zero-order chi connectivity index (χ0) is 33.8. The number of halogens is 1. The van der Waals surface area contributed by atoms with Crippen LogP contribution in [0, 0.1) is 0 Å². The van der Waals surface area contributed by atoms with Crippen LogP contribution in [0.1, 0.15) is 123 Å². The second-order valence-electron chi connectivity index (χ2n) is 10.5. The van der Waals surface area contributed by atoms with E-state index < -0.39 is 0 Å². The molecule has 0 spiro atoms. The Morgan fingerprint density at radius 1 is 0.578 bits per heavy atom. The van der Waals surface area contributed by atoms with Gasteiger partial charge >= 0.3 is 0 Å². The molecule has 2 aromatic carbocycles. The summed E-state index contributed by atoms with van der Waals surface area (Å²) in [7, 11) is 7.94. The van der Waals surface area contributed by atoms with Crippen LogP contribution in [0.4, 0.5) is 0 Å². The van der Waals surface area contributed by atoms with E-state index in [-0.39, 0.29) is 12.7 Å². The molecule has 0 fully saturated rings. The van der Waals surface area contributed by atoms with Crippen molar-refractivity contribution in [1.29, 1.82) is 0 Å². The summed E-state index contributed by atoms with van der Waals surface area (Å²) >= 11 is 3.42. The van der Waals surface area contributed by atoms with Crippen molar-refractivity contribution in [3.05, 3.63) is 59.7 Å². The van der Waals surface area contributed by atoms with Gasteiger partial charge in [-0.1, -0.05) is 93.0 Å². The van der Waals surface area contributed by atoms with E-state index in [1.165, 1.54) is 89.2 Å². The summed E-state index contributed by atoms with van der Waals surface area (Å²) < 4.78 is 5.62. The fourth-order valence-corrected chi connectivity index (χ4v) is 4.32. The van der Waals surface area contributed by atoms with Crippen molar-refractivity contribution in [2.75, 3.05) is 25.2 Å². The van der Waals surface area contributed by atoms with E-state index in [4.69, 9.17) is 20.1 Å². The zero-order valence-electron chi connectivity index (χ0n) is 27.0. The fraction of sp³-hybridized carbons (Fsp3) is 0.588. The summed E-state index contributed by atoms with van der Waals surface area (Å²) in [5, 5.41) is 27.1. The number of ether oxygens (including phenoxy) is 1. The molecule has 0 bridgehead atoms. The van der Waals surface area contributed by atoms with Gasteiger partial charge in [0.05, 0.1) is 6.61 Å². The molecule has 0 amide bonds. The van der Waals surface area contributed by atoms with Gasteiger partial charge in [0.25, 0.3) is 0 Å². The lowest BCUT2D eigenvalue weighted by molar-refractivity contribution is 0.111. The Hall–Kier alpha value is -0.500. The van der Waals surface area contributed by atoms with Crippen LogP contribution in [0.2, 0.25) is 0 Å². The minimum Gasteiger partial charge on any atom is -0.508 e. The van der Waals surface area contributed by atoms with Crippen LogP contribution in [0.3, 0.4) is 0 Å². The van der Waals surface area contributed by atoms with Gasteiger partial charge in [0.1, 0.15) is 24.1 Å². The highest BCUT2D eigenvalue weighted by Gasteiger charge is 1.96. The van der Waals surface area contributed by atoms with Gasteiger partial charge in [-0.2, -0.15) is 0 Å². The number of aldehydes is 2. The van der Waals surface area contributed by atoms with Crippen LogP contribution in [-0.2, 0) is 0 Å². The van der Waals surface area contributed by atoms with Gasteiger partial charge in [-0.05, 0) is 81.2 Å². The van der Waals surface area contributed by atoms with E-state index >= 15 is 0 Å². The summed E-state index contributed by atoms with van der Waals surface area (Å²) in [6.45, 7) is 1.56. The maximum Gasteiger partial charge on any atom is 0.150 e. The maximum atomic E-state index is 10.5. The van der Waals surface area contributed by atoms with Gasteiger partial charge in [-0.25, -0.2) is 0 Å². The molecule has 3 unspecified atom stereocenters. The molecule has 11 heteroatoms. The number of carbonyl (C=O) groups excluding carboxylic acids is 2. The molecule has 0 saturated carbocycles. The summed E-state index contributed by atoms with van der Waals surface area (Å²) in [6, 6.07) is 13.3. The first kappa shape index (κ1) is 46.6. The second kappa shape index (κ2) is 38.0. The maximum absolute atomic E-state index is 10.5. The van der Waals surface area contributed by atoms with Crippen molar-refractivity contribution in [3.63, 3.8) is 0 Å². The quantitative estimate of drug-likeness (QED) is 0.0477. The van der Waals surface area contributed by atoms with Gasteiger partial charge in [0, 0.05) is 29.7 Å². The second-order valence-corrected chi connectivity index (χ2v) is 22.9. The lowest BCUT2D eigenvalue weighted by Gasteiger charge is -2.06. The van der Waals surface area contributed by atoms with E-state index in [2.05, 4.69) is 42.7 Å². The number of phenolic OH excluding ortho intramolecular Hbond substituents is 1. The number of benzene rings is 2. The smallest absolute Gasteiger partial charge is 0.150 e. The van der Waals surface area contributed by atoms with E-state index in [0.29, 0.717) is 24.3 Å². The zero-order valence-corrected chi connectivity index (χ0v) is 33.0. The number of unbranched alkanes of at least 4 members (excludes halogenated alkanes) is 14. The SMILES string of the molecule is O=Cc1ccc(O)cc1.O=Cc1ccc(OCCCCCCCCCCO)cc1.OCCCCCCCCCCBr.PP(P)P. The number of carbonyl (C=O) groups is 2. The number of rotatable bonds is 22. The summed E-state index contributed by atoms with van der Waals surface area (Å²) in [5.41, 5.74) is 1.26. The number of aliphatic hydroxyl groups excluding tert-OH is 2. The van der Waals surface area contributed by atoms with Gasteiger partial charge in [-0.3, -0.25) is 9.59 Å². The van der Waals surface area contributed by atoms with Crippen molar-refractivity contribution in [2.45, 2.75) is 103 Å². The Morgan fingerprint density at radius 3 is 1.27 bits per heavy atom. The molecule has 0 heterocycles. The lowest BCUT2D eigenvalue weighted by Crippen LogP contribution is -1.97. The molecule has 258 valence electrons. The molecular formula is C34H59BrO6P4. The first-order valence-electron chi connectivity index (χ1n) is 16.1. The number of aliphatic hydroxyl groups is 2. The Labute approximate surface area is 289 Å². The van der Waals surface area contributed by atoms with Crippen molar-refractivity contribution in [1.82, 2.24) is 0 Å². The number of alkyl halides is 1. The van der Waals surface area contributed by atoms with Gasteiger partial charge in [-0.15, -0.1) is 26.8 Å². The van der Waals surface area contributed by atoms with Gasteiger partial charge < -0.3 is 20.1 Å². The standard InChI is InChI=1S/C17H26O3.C10H21BrO.C7H6O2.H6P4/c18-13-7-5-3-1-2-4-6-8-14-20-17-11-9-16(15-19)10-12-17;11-9-7-5-3-1-2-4-6-8-10-12;8-5-6-1-3-7(9)4-2-6;1-4(2)3/h9-12,15,18H,1-8,13-14H2;12H,1-10H2;1-5,9H;1-3H2. The topological polar surface area (TPSA) is 104 Å². The highest BCUT2D eigenvalue weighted by atomic mass is 79.9. The molecule has 0 radical (unpaired) electrons. The number of phenols is 1. The Balaban J connectivity index is 0. The highest BCUT2D eigenvalue weighted by molar-refractivity contribution is 9.09. The Kier molecular flexibility index (Phi) is 39.3. The number of aromatic hydroxyl groups is 1. The monoisotopic (exact) mass is 766 g/mol. The number of hydrogen-bond acceptors (Lipinski definition) is 6. The molecule has 3 atom stereocenters. The van der Waals surface area contributed by atoms with Crippen LogP contribution in [-0.4, -0.2) is 53.0 Å². The molecule has 6 nitrogen and oxygen atoms in total. The molecule has 0 aliphatic heterocycles. The summed E-state index contributed by atoms with van der Waals surface area (Å²) in [6.07, 6.45) is 21.3. The van der Waals surface area contributed by atoms with Crippen LogP contribution < -0.4 is 4.74 Å². The van der Waals surface area contributed by atoms with Gasteiger partial charge in [0.15, 0.2) is 0 Å². The van der Waals surface area contributed by atoms with Crippen molar-refractivity contribution < 1.29 is 29.6 Å². The summed E-state index contributed by atoms with van der Waals surface area (Å²) in [4.78, 5) is 20.5. The van der Waals surface area contributed by atoms with Crippen LogP contribution in [0.15, 0.2) is 48.5 Å². The minimum atomic E-state index is 0.130. The highest BCUT2D eigenvalue weighted by Crippen LogP contribution is 2.59. The molecule has 0 aliphatic carbocycles. The van der Waals surface area contributed by atoms with E-state index in [9.17, 15) is 9.59 Å². The first-order chi connectivity index (χ1) is 21.8. The van der Waals surface area contributed by atoms with Crippen LogP contribution >= 0.6 is 49.7 Å². The average Bonchev–Trinajstić information content (AvgIpc) is 3.04. The third kappa shape index (κ3) is 37.8. The van der Waals surface area contributed by atoms with E-state index in [1.807, 2.05) is 12.1 Å². The number of hydrogen-bond donors (Lipinski definition) is 3. The normalized spacial score (nSPS) is 10.0. The summed E-state index contributed by atoms with van der Waals surface area (Å²) in [5.74, 6) is 1.01. The van der Waals surface area contributed by atoms with Gasteiger partial charge in [0.2, 0.25) is 0 Å². The van der Waals surface area contributed by atoms with Crippen molar-refractivity contribution in [2.24, 2.45) is 0 Å². The van der Waals surface area contributed by atoms with Crippen molar-refractivity contribution >= 4 is 62.3 Å². The molecule has 0 aliphatic rings. The largest absolute Gasteiger partial charge is 0.508 e. The molecule has 0 saturated heterocycles. The predicted octanol–water partition coefficient (Wildman–Crippen LogP) is 10.5. The van der Waals surface area contributed by atoms with Crippen molar-refractivity contribution in [3.8, 4) is 11.5 Å². The van der Waals surface area contributed by atoms with Crippen LogP contribution in [0.25, 0.3) is 0 Å². The fourth-order valence-electron chi connectivity index (χ4n) is 3.93. The lowest BCUT2D eigenvalue weighted by atomic mass is 10.1. The molecule has 3 N–H and O–H groups in total. The third-order valence-corrected chi connectivity index (χ3v) is 6.97.